The Balaban J connectivity index is 1.58. The van der Waals surface area contributed by atoms with Crippen molar-refractivity contribution in [3.8, 4) is 22.7 Å². The standard InChI is InChI=1S/C24H25N3O3/c28-16-19-10-11-22(30-19)24-23(18-7-2-1-3-8-18)25-17-27(24)15-20(21-9-6-14-29-21)26-12-4-5-13-26/h1-3,6-11,14,17,20,28H,4-5,12-13,15-16H2/t20-/m0/s1. The van der Waals surface area contributed by atoms with Crippen molar-refractivity contribution in [3.63, 3.8) is 0 Å². The fourth-order valence-corrected chi connectivity index (χ4v) is 4.28. The molecule has 0 amide bonds. The van der Waals surface area contributed by atoms with E-state index in [1.54, 1.807) is 6.26 Å². The van der Waals surface area contributed by atoms with Crippen LogP contribution in [0.3, 0.4) is 0 Å². The molecule has 0 aliphatic carbocycles. The topological polar surface area (TPSA) is 67.6 Å². The summed E-state index contributed by atoms with van der Waals surface area (Å²) in [5.41, 5.74) is 2.81. The van der Waals surface area contributed by atoms with Crippen LogP contribution in [0.2, 0.25) is 0 Å². The summed E-state index contributed by atoms with van der Waals surface area (Å²) in [7, 11) is 0. The van der Waals surface area contributed by atoms with Crippen LogP contribution in [0.25, 0.3) is 22.7 Å². The van der Waals surface area contributed by atoms with Gasteiger partial charge in [-0.25, -0.2) is 4.98 Å². The fraction of sp³-hybridized carbons (Fsp3) is 0.292. The molecular formula is C24H25N3O3. The number of aromatic nitrogens is 2. The Morgan fingerprint density at radius 2 is 1.83 bits per heavy atom. The van der Waals surface area contributed by atoms with E-state index >= 15 is 0 Å². The second kappa shape index (κ2) is 8.34. The number of furan rings is 2. The molecule has 0 bridgehead atoms. The zero-order valence-electron chi connectivity index (χ0n) is 16.8. The van der Waals surface area contributed by atoms with Crippen LogP contribution in [0.15, 0.2) is 76.0 Å². The van der Waals surface area contributed by atoms with Gasteiger partial charge in [0.2, 0.25) is 0 Å². The summed E-state index contributed by atoms with van der Waals surface area (Å²) in [6.07, 6.45) is 6.04. The molecule has 6 heteroatoms. The van der Waals surface area contributed by atoms with Gasteiger partial charge in [0.1, 0.15) is 23.8 Å². The highest BCUT2D eigenvalue weighted by atomic mass is 16.4. The number of benzene rings is 1. The van der Waals surface area contributed by atoms with E-state index in [-0.39, 0.29) is 12.6 Å². The molecule has 3 aromatic heterocycles. The van der Waals surface area contributed by atoms with Crippen LogP contribution in [0.4, 0.5) is 0 Å². The molecule has 0 unspecified atom stereocenters. The number of aliphatic hydroxyl groups is 1. The number of aliphatic hydroxyl groups excluding tert-OH is 1. The van der Waals surface area contributed by atoms with Gasteiger partial charge in [-0.15, -0.1) is 0 Å². The quantitative estimate of drug-likeness (QED) is 0.483. The van der Waals surface area contributed by atoms with Crippen molar-refractivity contribution in [1.82, 2.24) is 14.5 Å². The number of hydrogen-bond acceptors (Lipinski definition) is 5. The van der Waals surface area contributed by atoms with Crippen LogP contribution in [0.1, 0.15) is 30.4 Å². The summed E-state index contributed by atoms with van der Waals surface area (Å²) in [6, 6.07) is 18.0. The Kier molecular flexibility index (Phi) is 5.26. The minimum absolute atomic E-state index is 0.127. The lowest BCUT2D eigenvalue weighted by Crippen LogP contribution is -2.29. The van der Waals surface area contributed by atoms with E-state index < -0.39 is 0 Å². The average molecular weight is 403 g/mol. The smallest absolute Gasteiger partial charge is 0.153 e. The van der Waals surface area contributed by atoms with Gasteiger partial charge in [0, 0.05) is 12.1 Å². The first-order valence-electron chi connectivity index (χ1n) is 10.4. The van der Waals surface area contributed by atoms with Crippen molar-refractivity contribution >= 4 is 0 Å². The molecule has 0 radical (unpaired) electrons. The van der Waals surface area contributed by atoms with E-state index in [1.807, 2.05) is 42.7 Å². The lowest BCUT2D eigenvalue weighted by Gasteiger charge is -2.26. The van der Waals surface area contributed by atoms with Gasteiger partial charge in [0.15, 0.2) is 5.76 Å². The lowest BCUT2D eigenvalue weighted by molar-refractivity contribution is 0.194. The van der Waals surface area contributed by atoms with Crippen LogP contribution >= 0.6 is 0 Å². The number of rotatable bonds is 7. The summed E-state index contributed by atoms with van der Waals surface area (Å²) in [5, 5.41) is 9.48. The molecule has 30 heavy (non-hydrogen) atoms. The Hall–Kier alpha value is -3.09. The third-order valence-corrected chi connectivity index (χ3v) is 5.76. The summed E-state index contributed by atoms with van der Waals surface area (Å²) in [4.78, 5) is 7.23. The van der Waals surface area contributed by atoms with Gasteiger partial charge >= 0.3 is 0 Å². The van der Waals surface area contributed by atoms with Crippen LogP contribution in [0.5, 0.6) is 0 Å². The fourth-order valence-electron chi connectivity index (χ4n) is 4.28. The van der Waals surface area contributed by atoms with E-state index in [0.29, 0.717) is 18.1 Å². The molecule has 1 aliphatic heterocycles. The highest BCUT2D eigenvalue weighted by molar-refractivity contribution is 5.76. The third kappa shape index (κ3) is 3.60. The Labute approximate surface area is 175 Å². The molecule has 4 heterocycles. The SMILES string of the molecule is OCc1ccc(-c2c(-c3ccccc3)ncn2C[C@@H](c2ccco2)N2CCCC2)o1. The largest absolute Gasteiger partial charge is 0.468 e. The Bertz CT molecular complexity index is 1080. The van der Waals surface area contributed by atoms with Crippen LogP contribution < -0.4 is 0 Å². The highest BCUT2D eigenvalue weighted by Gasteiger charge is 2.28. The molecule has 1 saturated heterocycles. The van der Waals surface area contributed by atoms with Gasteiger partial charge in [-0.1, -0.05) is 30.3 Å². The summed E-state index contributed by atoms with van der Waals surface area (Å²) >= 11 is 0. The first-order chi connectivity index (χ1) is 14.8. The van der Waals surface area contributed by atoms with Gasteiger partial charge in [0.25, 0.3) is 0 Å². The van der Waals surface area contributed by atoms with Crippen LogP contribution in [-0.2, 0) is 13.2 Å². The normalized spacial score (nSPS) is 15.6. The maximum absolute atomic E-state index is 9.48. The second-order valence-electron chi connectivity index (χ2n) is 7.66. The molecule has 1 aliphatic rings. The minimum Gasteiger partial charge on any atom is -0.468 e. The van der Waals surface area contributed by atoms with E-state index in [9.17, 15) is 5.11 Å². The van der Waals surface area contributed by atoms with Gasteiger partial charge < -0.3 is 18.5 Å². The zero-order valence-corrected chi connectivity index (χ0v) is 16.8. The van der Waals surface area contributed by atoms with E-state index in [4.69, 9.17) is 13.8 Å². The number of nitrogens with zero attached hydrogens (tertiary/aromatic N) is 3. The van der Waals surface area contributed by atoms with Crippen molar-refractivity contribution in [2.24, 2.45) is 0 Å². The highest BCUT2D eigenvalue weighted by Crippen LogP contribution is 2.35. The molecule has 1 atom stereocenters. The van der Waals surface area contributed by atoms with E-state index in [2.05, 4.69) is 27.7 Å². The van der Waals surface area contributed by atoms with Crippen molar-refractivity contribution in [1.29, 1.82) is 0 Å². The van der Waals surface area contributed by atoms with E-state index in [1.165, 1.54) is 12.8 Å². The molecule has 1 aromatic carbocycles. The lowest BCUT2D eigenvalue weighted by atomic mass is 10.1. The molecule has 5 rings (SSSR count). The molecule has 1 N–H and O–H groups in total. The summed E-state index contributed by atoms with van der Waals surface area (Å²) < 4.78 is 13.9. The number of hydrogen-bond donors (Lipinski definition) is 1. The first-order valence-corrected chi connectivity index (χ1v) is 10.4. The van der Waals surface area contributed by atoms with E-state index in [0.717, 1.165) is 35.8 Å². The molecule has 4 aromatic rings. The first kappa shape index (κ1) is 18.9. The number of imidazole rings is 1. The molecule has 0 saturated carbocycles. The van der Waals surface area contributed by atoms with Crippen molar-refractivity contribution in [3.05, 3.63) is 78.7 Å². The van der Waals surface area contributed by atoms with Crippen molar-refractivity contribution in [2.75, 3.05) is 13.1 Å². The monoisotopic (exact) mass is 403 g/mol. The Morgan fingerprint density at radius 3 is 2.53 bits per heavy atom. The molecule has 0 spiro atoms. The van der Waals surface area contributed by atoms with Crippen LogP contribution in [-0.4, -0.2) is 32.6 Å². The average Bonchev–Trinajstić information content (AvgIpc) is 3.59. The predicted octanol–water partition coefficient (Wildman–Crippen LogP) is 4.73. The minimum atomic E-state index is -0.127. The number of likely N-dealkylation sites (tertiary alicyclic amines) is 1. The predicted molar refractivity (Wildman–Crippen MR) is 114 cm³/mol. The molecule has 1 fully saturated rings. The summed E-state index contributed by atoms with van der Waals surface area (Å²) in [5.74, 6) is 2.21. The maximum Gasteiger partial charge on any atom is 0.153 e. The molecular weight excluding hydrogens is 378 g/mol. The van der Waals surface area contributed by atoms with Crippen LogP contribution in [0, 0.1) is 0 Å². The Morgan fingerprint density at radius 1 is 1.00 bits per heavy atom. The molecule has 6 nitrogen and oxygen atoms in total. The summed E-state index contributed by atoms with van der Waals surface area (Å²) in [6.45, 7) is 2.71. The maximum atomic E-state index is 9.48. The van der Waals surface area contributed by atoms with Crippen molar-refractivity contribution < 1.29 is 13.9 Å². The van der Waals surface area contributed by atoms with Gasteiger partial charge in [-0.2, -0.15) is 0 Å². The van der Waals surface area contributed by atoms with Gasteiger partial charge in [0.05, 0.1) is 24.3 Å². The van der Waals surface area contributed by atoms with Gasteiger partial charge in [-0.05, 0) is 50.2 Å². The molecule has 154 valence electrons. The van der Waals surface area contributed by atoms with Crippen molar-refractivity contribution in [2.45, 2.75) is 32.0 Å². The third-order valence-electron chi connectivity index (χ3n) is 5.76. The zero-order chi connectivity index (χ0) is 20.3. The van der Waals surface area contributed by atoms with Gasteiger partial charge in [-0.3, -0.25) is 4.90 Å². The second-order valence-corrected chi connectivity index (χ2v) is 7.66.